The normalized spacial score (nSPS) is 22.4. The standard InChI is InChI=1S/C14H18O4/c1-7-5-10-12(8(2)9(7)3-4-15)14(18)11(6-16)13(10)17/h5,11,13,15-17H,3-4,6H2,1-2H3/t11-,13+/m0/s1. The third kappa shape index (κ3) is 1.77. The first-order chi connectivity index (χ1) is 8.52. The summed E-state index contributed by atoms with van der Waals surface area (Å²) in [6, 6.07) is 1.80. The lowest BCUT2D eigenvalue weighted by molar-refractivity contribution is 0.0592. The number of benzene rings is 1. The smallest absolute Gasteiger partial charge is 0.171 e. The Morgan fingerprint density at radius 2 is 1.94 bits per heavy atom. The van der Waals surface area contributed by atoms with Crippen LogP contribution in [0.2, 0.25) is 0 Å². The Hall–Kier alpha value is -1.23. The molecule has 0 aromatic heterocycles. The molecule has 1 aromatic carbocycles. The van der Waals surface area contributed by atoms with Gasteiger partial charge in [-0.1, -0.05) is 6.07 Å². The van der Waals surface area contributed by atoms with Gasteiger partial charge in [0.1, 0.15) is 0 Å². The molecule has 0 saturated carbocycles. The van der Waals surface area contributed by atoms with Gasteiger partial charge in [0.25, 0.3) is 0 Å². The molecule has 1 aliphatic rings. The van der Waals surface area contributed by atoms with Crippen molar-refractivity contribution in [3.63, 3.8) is 0 Å². The summed E-state index contributed by atoms with van der Waals surface area (Å²) in [6.45, 7) is 3.42. The van der Waals surface area contributed by atoms with Crippen LogP contribution in [0.4, 0.5) is 0 Å². The number of rotatable bonds is 3. The zero-order chi connectivity index (χ0) is 13.4. The van der Waals surface area contributed by atoms with Gasteiger partial charge < -0.3 is 15.3 Å². The Labute approximate surface area is 106 Å². The largest absolute Gasteiger partial charge is 0.396 e. The predicted molar refractivity (Wildman–Crippen MR) is 66.6 cm³/mol. The van der Waals surface area contributed by atoms with E-state index in [1.54, 1.807) is 6.07 Å². The van der Waals surface area contributed by atoms with E-state index in [0.29, 0.717) is 17.5 Å². The van der Waals surface area contributed by atoms with Gasteiger partial charge in [-0.05, 0) is 42.5 Å². The molecule has 0 bridgehead atoms. The van der Waals surface area contributed by atoms with E-state index in [4.69, 9.17) is 5.11 Å². The molecule has 0 spiro atoms. The second-order valence-electron chi connectivity index (χ2n) is 4.83. The van der Waals surface area contributed by atoms with Crippen molar-refractivity contribution in [1.29, 1.82) is 0 Å². The first-order valence-electron chi connectivity index (χ1n) is 6.09. The number of carbonyl (C=O) groups is 1. The maximum absolute atomic E-state index is 12.1. The van der Waals surface area contributed by atoms with E-state index in [1.807, 2.05) is 13.8 Å². The molecule has 0 amide bonds. The highest BCUT2D eigenvalue weighted by Crippen LogP contribution is 2.39. The lowest BCUT2D eigenvalue weighted by atomic mass is 9.92. The first-order valence-corrected chi connectivity index (χ1v) is 6.09. The highest BCUT2D eigenvalue weighted by atomic mass is 16.3. The van der Waals surface area contributed by atoms with E-state index in [0.717, 1.165) is 16.7 Å². The third-order valence-corrected chi connectivity index (χ3v) is 3.81. The lowest BCUT2D eigenvalue weighted by Crippen LogP contribution is -2.17. The van der Waals surface area contributed by atoms with Crippen molar-refractivity contribution in [2.45, 2.75) is 26.4 Å². The summed E-state index contributed by atoms with van der Waals surface area (Å²) in [5, 5.41) is 28.3. The average Bonchev–Trinajstić information content (AvgIpc) is 2.56. The Bertz CT molecular complexity index is 493. The predicted octanol–water partition coefficient (Wildman–Crippen LogP) is 0.676. The van der Waals surface area contributed by atoms with E-state index in [-0.39, 0.29) is 19.0 Å². The molecule has 98 valence electrons. The van der Waals surface area contributed by atoms with Gasteiger partial charge in [0, 0.05) is 12.2 Å². The molecular weight excluding hydrogens is 232 g/mol. The molecule has 2 atom stereocenters. The minimum absolute atomic E-state index is 0.0284. The molecule has 0 heterocycles. The van der Waals surface area contributed by atoms with Crippen molar-refractivity contribution in [3.05, 3.63) is 33.9 Å². The Kier molecular flexibility index (Phi) is 3.52. The summed E-state index contributed by atoms with van der Waals surface area (Å²) in [5.41, 5.74) is 3.87. The molecule has 1 aromatic rings. The van der Waals surface area contributed by atoms with E-state index in [1.165, 1.54) is 0 Å². The van der Waals surface area contributed by atoms with Crippen LogP contribution < -0.4 is 0 Å². The number of hydrogen-bond donors (Lipinski definition) is 3. The van der Waals surface area contributed by atoms with Crippen molar-refractivity contribution >= 4 is 5.78 Å². The highest BCUT2D eigenvalue weighted by molar-refractivity contribution is 6.04. The maximum Gasteiger partial charge on any atom is 0.171 e. The van der Waals surface area contributed by atoms with Gasteiger partial charge in [-0.3, -0.25) is 4.79 Å². The molecule has 4 nitrogen and oxygen atoms in total. The van der Waals surface area contributed by atoms with Crippen LogP contribution in [0.3, 0.4) is 0 Å². The molecule has 18 heavy (non-hydrogen) atoms. The zero-order valence-electron chi connectivity index (χ0n) is 10.6. The molecule has 0 radical (unpaired) electrons. The maximum atomic E-state index is 12.1. The molecule has 0 saturated heterocycles. The lowest BCUT2D eigenvalue weighted by Gasteiger charge is -2.14. The summed E-state index contributed by atoms with van der Waals surface area (Å²) in [6.07, 6.45) is -0.420. The summed E-state index contributed by atoms with van der Waals surface area (Å²) >= 11 is 0. The van der Waals surface area contributed by atoms with Crippen LogP contribution in [-0.2, 0) is 6.42 Å². The van der Waals surface area contributed by atoms with E-state index >= 15 is 0 Å². The van der Waals surface area contributed by atoms with Crippen LogP contribution in [0.25, 0.3) is 0 Å². The fourth-order valence-corrected chi connectivity index (χ4v) is 2.84. The number of aryl methyl sites for hydroxylation is 1. The quantitative estimate of drug-likeness (QED) is 0.737. The van der Waals surface area contributed by atoms with Gasteiger partial charge in [0.05, 0.1) is 18.6 Å². The van der Waals surface area contributed by atoms with Gasteiger partial charge in [-0.2, -0.15) is 0 Å². The van der Waals surface area contributed by atoms with Crippen molar-refractivity contribution < 1.29 is 20.1 Å². The highest BCUT2D eigenvalue weighted by Gasteiger charge is 2.40. The van der Waals surface area contributed by atoms with Crippen molar-refractivity contribution in [2.24, 2.45) is 5.92 Å². The number of fused-ring (bicyclic) bond motifs is 1. The number of carbonyl (C=O) groups excluding carboxylic acids is 1. The van der Waals surface area contributed by atoms with Gasteiger partial charge >= 0.3 is 0 Å². The summed E-state index contributed by atoms with van der Waals surface area (Å²) in [5.74, 6) is -0.945. The number of aliphatic hydroxyl groups excluding tert-OH is 3. The summed E-state index contributed by atoms with van der Waals surface area (Å²) in [7, 11) is 0. The van der Waals surface area contributed by atoms with E-state index in [2.05, 4.69) is 0 Å². The molecular formula is C14H18O4. The minimum Gasteiger partial charge on any atom is -0.396 e. The van der Waals surface area contributed by atoms with Gasteiger partial charge in [-0.15, -0.1) is 0 Å². The third-order valence-electron chi connectivity index (χ3n) is 3.81. The monoisotopic (exact) mass is 250 g/mol. The SMILES string of the molecule is Cc1cc2c(c(C)c1CCO)C(=O)[C@@H](CO)[C@@H]2O. The topological polar surface area (TPSA) is 77.8 Å². The van der Waals surface area contributed by atoms with Gasteiger partial charge in [-0.25, -0.2) is 0 Å². The van der Waals surface area contributed by atoms with Crippen LogP contribution in [0, 0.1) is 19.8 Å². The molecule has 1 aliphatic carbocycles. The van der Waals surface area contributed by atoms with E-state index in [9.17, 15) is 15.0 Å². The van der Waals surface area contributed by atoms with Crippen molar-refractivity contribution in [1.82, 2.24) is 0 Å². The number of Topliss-reactive ketones (excluding diaryl/α,β-unsaturated/α-hetero) is 1. The molecule has 4 heteroatoms. The Balaban J connectivity index is 2.61. The Morgan fingerprint density at radius 3 is 2.50 bits per heavy atom. The molecule has 0 fully saturated rings. The number of aliphatic hydroxyl groups is 3. The van der Waals surface area contributed by atoms with Crippen molar-refractivity contribution in [3.8, 4) is 0 Å². The van der Waals surface area contributed by atoms with Crippen LogP contribution in [0.1, 0.15) is 38.7 Å². The second-order valence-corrected chi connectivity index (χ2v) is 4.83. The summed E-state index contributed by atoms with van der Waals surface area (Å²) in [4.78, 5) is 12.1. The molecule has 0 aliphatic heterocycles. The van der Waals surface area contributed by atoms with Crippen LogP contribution in [-0.4, -0.2) is 34.3 Å². The zero-order valence-corrected chi connectivity index (χ0v) is 10.6. The molecule has 2 rings (SSSR count). The minimum atomic E-state index is -0.918. The first kappa shape index (κ1) is 13.2. The number of ketones is 1. The molecule has 3 N–H and O–H groups in total. The Morgan fingerprint density at radius 1 is 1.28 bits per heavy atom. The molecule has 0 unspecified atom stereocenters. The fraction of sp³-hybridized carbons (Fsp3) is 0.500. The van der Waals surface area contributed by atoms with Gasteiger partial charge in [0.2, 0.25) is 0 Å². The van der Waals surface area contributed by atoms with Crippen LogP contribution in [0.15, 0.2) is 6.07 Å². The van der Waals surface area contributed by atoms with Crippen molar-refractivity contribution in [2.75, 3.05) is 13.2 Å². The van der Waals surface area contributed by atoms with Crippen LogP contribution >= 0.6 is 0 Å². The second kappa shape index (κ2) is 4.80. The summed E-state index contributed by atoms with van der Waals surface area (Å²) < 4.78 is 0. The number of hydrogen-bond acceptors (Lipinski definition) is 4. The van der Waals surface area contributed by atoms with E-state index < -0.39 is 12.0 Å². The van der Waals surface area contributed by atoms with Gasteiger partial charge in [0.15, 0.2) is 5.78 Å². The fourth-order valence-electron chi connectivity index (χ4n) is 2.84. The van der Waals surface area contributed by atoms with Crippen LogP contribution in [0.5, 0.6) is 0 Å². The average molecular weight is 250 g/mol.